The molecule has 2 atom stereocenters. The second kappa shape index (κ2) is 7.50. The summed E-state index contributed by atoms with van der Waals surface area (Å²) in [6, 6.07) is 7.35. The predicted octanol–water partition coefficient (Wildman–Crippen LogP) is 3.76. The molecular weight excluding hydrogens is 348 g/mol. The normalized spacial score (nSPS) is 22.2. The van der Waals surface area contributed by atoms with E-state index in [1.807, 2.05) is 38.1 Å². The smallest absolute Gasteiger partial charge is 0.338 e. The first-order valence-corrected chi connectivity index (χ1v) is 9.49. The Labute approximate surface area is 157 Å². The Hall–Kier alpha value is -2.34. The molecular formula is C20H22N2O3S. The van der Waals surface area contributed by atoms with Gasteiger partial charge in [0.1, 0.15) is 6.61 Å². The molecule has 1 fully saturated rings. The van der Waals surface area contributed by atoms with Crippen LogP contribution in [0.4, 0.5) is 0 Å². The van der Waals surface area contributed by atoms with Gasteiger partial charge in [0.25, 0.3) is 0 Å². The van der Waals surface area contributed by atoms with Gasteiger partial charge in [-0.25, -0.2) is 9.79 Å². The molecule has 6 heteroatoms. The SMILES string of the molecule is C=CCOC(=O)C1=C(C)N=C2SC(CC)C(=O)N2C1c1ccc(C)cc1. The van der Waals surface area contributed by atoms with Crippen molar-refractivity contribution in [3.63, 3.8) is 0 Å². The summed E-state index contributed by atoms with van der Waals surface area (Å²) in [7, 11) is 0. The second-order valence-corrected chi connectivity index (χ2v) is 7.49. The second-order valence-electron chi connectivity index (χ2n) is 6.32. The number of fused-ring (bicyclic) bond motifs is 1. The molecule has 3 rings (SSSR count). The summed E-state index contributed by atoms with van der Waals surface area (Å²) >= 11 is 1.46. The van der Waals surface area contributed by atoms with E-state index in [-0.39, 0.29) is 17.8 Å². The molecule has 2 aliphatic rings. The molecule has 2 aliphatic heterocycles. The van der Waals surface area contributed by atoms with Gasteiger partial charge in [0, 0.05) is 0 Å². The third-order valence-electron chi connectivity index (χ3n) is 4.47. The summed E-state index contributed by atoms with van der Waals surface area (Å²) in [6.07, 6.45) is 2.24. The molecule has 1 aromatic carbocycles. The first-order chi connectivity index (χ1) is 12.5. The highest BCUT2D eigenvalue weighted by Crippen LogP contribution is 2.44. The maximum Gasteiger partial charge on any atom is 0.338 e. The quantitative estimate of drug-likeness (QED) is 0.585. The van der Waals surface area contributed by atoms with Crippen molar-refractivity contribution in [1.82, 2.24) is 4.90 Å². The zero-order valence-corrected chi connectivity index (χ0v) is 16.0. The first kappa shape index (κ1) is 18.5. The minimum atomic E-state index is -0.517. The lowest BCUT2D eigenvalue weighted by Crippen LogP contribution is -2.40. The first-order valence-electron chi connectivity index (χ1n) is 8.61. The van der Waals surface area contributed by atoms with Crippen LogP contribution in [-0.2, 0) is 14.3 Å². The molecule has 0 spiro atoms. The fraction of sp³-hybridized carbons (Fsp3) is 0.350. The topological polar surface area (TPSA) is 59.0 Å². The molecule has 0 bridgehead atoms. The number of amidine groups is 1. The van der Waals surface area contributed by atoms with Crippen molar-refractivity contribution in [2.24, 2.45) is 4.99 Å². The van der Waals surface area contributed by atoms with Gasteiger partial charge in [0.05, 0.1) is 22.6 Å². The zero-order valence-electron chi connectivity index (χ0n) is 15.2. The van der Waals surface area contributed by atoms with Crippen LogP contribution in [0.5, 0.6) is 0 Å². The maximum absolute atomic E-state index is 12.9. The van der Waals surface area contributed by atoms with Crippen molar-refractivity contribution < 1.29 is 14.3 Å². The number of aryl methyl sites for hydroxylation is 1. The Morgan fingerprint density at radius 1 is 1.35 bits per heavy atom. The van der Waals surface area contributed by atoms with Gasteiger partial charge < -0.3 is 4.74 Å². The van der Waals surface area contributed by atoms with Crippen LogP contribution in [0.25, 0.3) is 0 Å². The van der Waals surface area contributed by atoms with Crippen LogP contribution in [0.2, 0.25) is 0 Å². The number of rotatable bonds is 5. The third-order valence-corrected chi connectivity index (χ3v) is 5.79. The molecule has 5 nitrogen and oxygen atoms in total. The number of allylic oxidation sites excluding steroid dienone is 1. The van der Waals surface area contributed by atoms with Gasteiger partial charge in [-0.05, 0) is 25.8 Å². The lowest BCUT2D eigenvalue weighted by Gasteiger charge is -2.33. The lowest BCUT2D eigenvalue weighted by molar-refractivity contribution is -0.139. The molecule has 2 heterocycles. The van der Waals surface area contributed by atoms with Crippen molar-refractivity contribution in [2.45, 2.75) is 38.5 Å². The summed E-state index contributed by atoms with van der Waals surface area (Å²) in [6.45, 7) is 9.47. The molecule has 0 aliphatic carbocycles. The van der Waals surface area contributed by atoms with Gasteiger partial charge in [0.2, 0.25) is 5.91 Å². The van der Waals surface area contributed by atoms with E-state index in [4.69, 9.17) is 4.74 Å². The van der Waals surface area contributed by atoms with Gasteiger partial charge >= 0.3 is 5.97 Å². The monoisotopic (exact) mass is 370 g/mol. The van der Waals surface area contributed by atoms with Crippen molar-refractivity contribution in [1.29, 1.82) is 0 Å². The van der Waals surface area contributed by atoms with Crippen LogP contribution in [0.3, 0.4) is 0 Å². The van der Waals surface area contributed by atoms with E-state index >= 15 is 0 Å². The van der Waals surface area contributed by atoms with Gasteiger partial charge in [-0.15, -0.1) is 0 Å². The van der Waals surface area contributed by atoms with Gasteiger partial charge in [-0.3, -0.25) is 9.69 Å². The Bertz CT molecular complexity index is 811. The maximum atomic E-state index is 12.9. The fourth-order valence-electron chi connectivity index (χ4n) is 3.13. The summed E-state index contributed by atoms with van der Waals surface area (Å²) < 4.78 is 5.28. The number of aliphatic imine (C=N–C) groups is 1. The molecule has 0 aromatic heterocycles. The number of esters is 1. The number of carbonyl (C=O) groups is 2. The molecule has 2 unspecified atom stereocenters. The zero-order chi connectivity index (χ0) is 18.8. The van der Waals surface area contributed by atoms with Crippen molar-refractivity contribution in [3.8, 4) is 0 Å². The summed E-state index contributed by atoms with van der Waals surface area (Å²) in [5, 5.41) is 0.489. The Kier molecular flexibility index (Phi) is 5.32. The van der Waals surface area contributed by atoms with E-state index in [0.717, 1.165) is 17.5 Å². The highest BCUT2D eigenvalue weighted by atomic mass is 32.2. The number of ether oxygens (including phenoxy) is 1. The number of amides is 1. The summed E-state index contributed by atoms with van der Waals surface area (Å²) in [5.41, 5.74) is 2.99. The molecule has 1 saturated heterocycles. The van der Waals surface area contributed by atoms with Crippen molar-refractivity contribution in [3.05, 3.63) is 59.3 Å². The van der Waals surface area contributed by atoms with E-state index in [0.29, 0.717) is 16.4 Å². The van der Waals surface area contributed by atoms with Crippen LogP contribution in [0.15, 0.2) is 53.2 Å². The fourth-order valence-corrected chi connectivity index (χ4v) is 4.26. The van der Waals surface area contributed by atoms with E-state index in [9.17, 15) is 9.59 Å². The van der Waals surface area contributed by atoms with Crippen LogP contribution in [0.1, 0.15) is 37.4 Å². The van der Waals surface area contributed by atoms with Crippen LogP contribution >= 0.6 is 11.8 Å². The van der Waals surface area contributed by atoms with E-state index in [2.05, 4.69) is 11.6 Å². The number of hydrogen-bond donors (Lipinski definition) is 0. The Morgan fingerprint density at radius 2 is 2.04 bits per heavy atom. The molecule has 136 valence electrons. The van der Waals surface area contributed by atoms with Crippen LogP contribution in [-0.4, -0.2) is 33.8 Å². The molecule has 1 amide bonds. The average Bonchev–Trinajstić information content (AvgIpc) is 2.94. The largest absolute Gasteiger partial charge is 0.458 e. The predicted molar refractivity (Wildman–Crippen MR) is 104 cm³/mol. The minimum Gasteiger partial charge on any atom is -0.458 e. The van der Waals surface area contributed by atoms with Crippen LogP contribution < -0.4 is 0 Å². The number of benzene rings is 1. The van der Waals surface area contributed by atoms with Gasteiger partial charge in [-0.2, -0.15) is 0 Å². The highest BCUT2D eigenvalue weighted by Gasteiger charge is 2.47. The number of hydrogen-bond acceptors (Lipinski definition) is 5. The van der Waals surface area contributed by atoms with Gasteiger partial charge in [-0.1, -0.05) is 61.2 Å². The Morgan fingerprint density at radius 3 is 2.65 bits per heavy atom. The van der Waals surface area contributed by atoms with Crippen molar-refractivity contribution >= 4 is 28.8 Å². The minimum absolute atomic E-state index is 0.0108. The third kappa shape index (κ3) is 3.21. The van der Waals surface area contributed by atoms with E-state index in [1.165, 1.54) is 17.8 Å². The summed E-state index contributed by atoms with van der Waals surface area (Å²) in [5.74, 6) is -0.475. The van der Waals surface area contributed by atoms with Gasteiger partial charge in [0.15, 0.2) is 5.17 Å². The standard InChI is InChI=1S/C20H22N2O3S/c1-5-11-25-19(24)16-13(4)21-20-22(18(23)15(6-2)26-20)17(16)14-9-7-12(3)8-10-14/h5,7-10,15,17H,1,6,11H2,2-4H3. The highest BCUT2D eigenvalue weighted by molar-refractivity contribution is 8.15. The molecule has 0 N–H and O–H groups in total. The molecule has 26 heavy (non-hydrogen) atoms. The lowest BCUT2D eigenvalue weighted by atomic mass is 9.93. The number of thioether (sulfide) groups is 1. The number of nitrogens with zero attached hydrogens (tertiary/aromatic N) is 2. The summed E-state index contributed by atoms with van der Waals surface area (Å²) in [4.78, 5) is 31.9. The average molecular weight is 370 g/mol. The molecule has 0 saturated carbocycles. The van der Waals surface area contributed by atoms with E-state index in [1.54, 1.807) is 11.8 Å². The Balaban J connectivity index is 2.10. The van der Waals surface area contributed by atoms with E-state index < -0.39 is 12.0 Å². The van der Waals surface area contributed by atoms with Crippen molar-refractivity contribution in [2.75, 3.05) is 6.61 Å². The number of carbonyl (C=O) groups excluding carboxylic acids is 2. The van der Waals surface area contributed by atoms with Crippen LogP contribution in [0, 0.1) is 6.92 Å². The molecule has 1 aromatic rings. The molecule has 0 radical (unpaired) electrons.